The largest absolute Gasteiger partial charge is 0.508 e. The zero-order valence-corrected chi connectivity index (χ0v) is 29.3. The van der Waals surface area contributed by atoms with Crippen LogP contribution in [-0.2, 0) is 30.3 Å². The Bertz CT molecular complexity index is 1340. The number of esters is 1. The number of rotatable bonds is 11. The van der Waals surface area contributed by atoms with Crippen LogP contribution in [0.15, 0.2) is 54.6 Å². The Labute approximate surface area is 274 Å². The molecule has 4 atom stereocenters. The number of aromatic hydroxyl groups is 1. The number of phenols is 1. The summed E-state index contributed by atoms with van der Waals surface area (Å²) in [4.78, 5) is 56.9. The van der Waals surface area contributed by atoms with Gasteiger partial charge in [0.2, 0.25) is 11.8 Å². The number of para-hydroxylation sites is 1. The second-order valence-electron chi connectivity index (χ2n) is 14.6. The van der Waals surface area contributed by atoms with Crippen molar-refractivity contribution in [1.82, 2.24) is 15.5 Å². The summed E-state index contributed by atoms with van der Waals surface area (Å²) in [5, 5.41) is 16.6. The Morgan fingerprint density at radius 3 is 1.85 bits per heavy atom. The van der Waals surface area contributed by atoms with Crippen LogP contribution in [0.5, 0.6) is 5.75 Å². The lowest BCUT2D eigenvalue weighted by molar-refractivity contribution is -0.159. The number of hydrogen-bond donors (Lipinski definition) is 3. The van der Waals surface area contributed by atoms with Crippen molar-refractivity contribution in [1.29, 1.82) is 0 Å². The van der Waals surface area contributed by atoms with E-state index >= 15 is 0 Å². The molecule has 2 aromatic carbocycles. The van der Waals surface area contributed by atoms with Crippen molar-refractivity contribution in [3.05, 3.63) is 65.7 Å². The minimum Gasteiger partial charge on any atom is -0.508 e. The van der Waals surface area contributed by atoms with Crippen molar-refractivity contribution in [3.63, 3.8) is 0 Å². The van der Waals surface area contributed by atoms with Crippen LogP contribution < -0.4 is 10.6 Å². The number of carbonyl (C=O) groups is 4. The first-order chi connectivity index (χ1) is 21.1. The monoisotopic (exact) mass is 639 g/mol. The molecule has 254 valence electrons. The molecule has 0 saturated heterocycles. The number of phenolic OH excluding ortho intramolecular Hbond substituents is 1. The van der Waals surface area contributed by atoms with Gasteiger partial charge in [-0.05, 0) is 79.9 Å². The summed E-state index contributed by atoms with van der Waals surface area (Å²) in [6.07, 6.45) is -0.0970. The van der Waals surface area contributed by atoms with Crippen LogP contribution in [0.2, 0.25) is 0 Å². The van der Waals surface area contributed by atoms with Gasteiger partial charge in [-0.25, -0.2) is 9.59 Å². The first kappa shape index (κ1) is 38.1. The number of nitrogens with one attached hydrogen (secondary N) is 2. The van der Waals surface area contributed by atoms with Gasteiger partial charge in [-0.1, -0.05) is 68.8 Å². The summed E-state index contributed by atoms with van der Waals surface area (Å²) < 4.78 is 11.2. The molecule has 0 heterocycles. The highest BCUT2D eigenvalue weighted by Gasteiger charge is 2.45. The molecular weight excluding hydrogens is 586 g/mol. The second kappa shape index (κ2) is 15.5. The number of hydrogen-bond acceptors (Lipinski definition) is 7. The molecule has 2 rings (SSSR count). The van der Waals surface area contributed by atoms with Gasteiger partial charge in [-0.3, -0.25) is 9.59 Å². The highest BCUT2D eigenvalue weighted by atomic mass is 16.6. The van der Waals surface area contributed by atoms with Gasteiger partial charge < -0.3 is 30.1 Å². The number of benzene rings is 2. The van der Waals surface area contributed by atoms with Crippen molar-refractivity contribution in [3.8, 4) is 5.75 Å². The summed E-state index contributed by atoms with van der Waals surface area (Å²) >= 11 is 0. The summed E-state index contributed by atoms with van der Waals surface area (Å²) in [6, 6.07) is 11.9. The average Bonchev–Trinajstić information content (AvgIpc) is 2.92. The van der Waals surface area contributed by atoms with E-state index in [1.54, 1.807) is 80.5 Å². The van der Waals surface area contributed by atoms with E-state index in [2.05, 4.69) is 10.6 Å². The molecule has 0 bridgehead atoms. The van der Waals surface area contributed by atoms with E-state index in [1.165, 1.54) is 11.0 Å². The molecule has 46 heavy (non-hydrogen) atoms. The third-order valence-corrected chi connectivity index (χ3v) is 7.14. The fraction of sp³-hybridized carbons (Fsp3) is 0.556. The van der Waals surface area contributed by atoms with Gasteiger partial charge in [0.1, 0.15) is 35.1 Å². The lowest BCUT2D eigenvalue weighted by Crippen LogP contribution is -2.61. The van der Waals surface area contributed by atoms with E-state index in [0.717, 1.165) is 5.56 Å². The average molecular weight is 640 g/mol. The van der Waals surface area contributed by atoms with E-state index < -0.39 is 58.7 Å². The fourth-order valence-corrected chi connectivity index (χ4v) is 4.90. The summed E-state index contributed by atoms with van der Waals surface area (Å²) in [7, 11) is 0. The molecule has 0 aromatic heterocycles. The molecule has 0 saturated carbocycles. The molecule has 10 heteroatoms. The van der Waals surface area contributed by atoms with Crippen LogP contribution in [0.3, 0.4) is 0 Å². The van der Waals surface area contributed by atoms with Crippen molar-refractivity contribution in [2.24, 2.45) is 5.92 Å². The summed E-state index contributed by atoms with van der Waals surface area (Å²) in [5.41, 5.74) is -1.67. The maximum absolute atomic E-state index is 14.6. The maximum Gasteiger partial charge on any atom is 0.408 e. The fourth-order valence-electron chi connectivity index (χ4n) is 4.90. The molecule has 0 aliphatic rings. The third kappa shape index (κ3) is 11.4. The van der Waals surface area contributed by atoms with E-state index in [4.69, 9.17) is 9.47 Å². The SMILES string of the molecule is CCC(C)C(NC(=O)OC(C)(C)C)C(=O)N(C(C(=O)NC(Cc1ccccc1)C(=O)OC(C)(C)C)c1ccccc1O)C(C)(C)C. The number of amides is 3. The van der Waals surface area contributed by atoms with Crippen molar-refractivity contribution in [2.75, 3.05) is 0 Å². The molecule has 10 nitrogen and oxygen atoms in total. The van der Waals surface area contributed by atoms with Gasteiger partial charge in [-0.15, -0.1) is 0 Å². The van der Waals surface area contributed by atoms with Crippen molar-refractivity contribution >= 4 is 23.9 Å². The van der Waals surface area contributed by atoms with Crippen LogP contribution in [0, 0.1) is 5.92 Å². The molecule has 2 aromatic rings. The van der Waals surface area contributed by atoms with Crippen molar-refractivity contribution in [2.45, 2.75) is 124 Å². The standard InChI is InChI=1S/C36H53N3O7/c1-12-23(2)28(38-33(44)46-36(9,10)11)31(42)39(34(3,4)5)29(25-20-16-17-21-27(25)40)30(41)37-26(32(43)45-35(6,7)8)22-24-18-14-13-15-19-24/h13-21,23,26,28-29,40H,12,22H2,1-11H3,(H,37,41)(H,38,44). The minimum absolute atomic E-state index is 0.133. The van der Waals surface area contributed by atoms with Crippen LogP contribution in [0.1, 0.15) is 99.8 Å². The highest BCUT2D eigenvalue weighted by Crippen LogP contribution is 2.35. The molecule has 0 aliphatic heterocycles. The first-order valence-corrected chi connectivity index (χ1v) is 15.8. The van der Waals surface area contributed by atoms with Crippen molar-refractivity contribution < 1.29 is 33.8 Å². The Hall–Kier alpha value is -4.08. The number of nitrogens with zero attached hydrogens (tertiary/aromatic N) is 1. The first-order valence-electron chi connectivity index (χ1n) is 15.8. The second-order valence-corrected chi connectivity index (χ2v) is 14.6. The predicted octanol–water partition coefficient (Wildman–Crippen LogP) is 6.07. The number of ether oxygens (including phenoxy) is 2. The van der Waals surface area contributed by atoms with Gasteiger partial charge in [-0.2, -0.15) is 0 Å². The Morgan fingerprint density at radius 1 is 0.804 bits per heavy atom. The number of alkyl carbamates (subject to hydrolysis) is 1. The Morgan fingerprint density at radius 2 is 1.35 bits per heavy atom. The van der Waals surface area contributed by atoms with Gasteiger partial charge in [0.05, 0.1) is 0 Å². The zero-order chi connectivity index (χ0) is 35.0. The molecule has 3 N–H and O–H groups in total. The molecule has 0 spiro atoms. The topological polar surface area (TPSA) is 134 Å². The van der Waals surface area contributed by atoms with E-state index in [9.17, 15) is 24.3 Å². The molecule has 4 unspecified atom stereocenters. The highest BCUT2D eigenvalue weighted by molar-refractivity contribution is 5.95. The summed E-state index contributed by atoms with van der Waals surface area (Å²) in [6.45, 7) is 19.4. The van der Waals surface area contributed by atoms with Crippen LogP contribution in [0.25, 0.3) is 0 Å². The lowest BCUT2D eigenvalue weighted by atomic mass is 9.91. The molecule has 0 radical (unpaired) electrons. The van der Waals surface area contributed by atoms with Crippen LogP contribution in [0.4, 0.5) is 4.79 Å². The maximum atomic E-state index is 14.6. The van der Waals surface area contributed by atoms with E-state index in [1.807, 2.05) is 44.2 Å². The van der Waals surface area contributed by atoms with Gasteiger partial charge in [0.25, 0.3) is 0 Å². The van der Waals surface area contributed by atoms with Crippen LogP contribution >= 0.6 is 0 Å². The van der Waals surface area contributed by atoms with E-state index in [-0.39, 0.29) is 23.7 Å². The van der Waals surface area contributed by atoms with Gasteiger partial charge in [0.15, 0.2) is 0 Å². The molecule has 0 aliphatic carbocycles. The third-order valence-electron chi connectivity index (χ3n) is 7.14. The predicted molar refractivity (Wildman–Crippen MR) is 178 cm³/mol. The van der Waals surface area contributed by atoms with Crippen LogP contribution in [-0.4, -0.2) is 62.7 Å². The summed E-state index contributed by atoms with van der Waals surface area (Å²) in [5.74, 6) is -2.43. The van der Waals surface area contributed by atoms with E-state index in [0.29, 0.717) is 6.42 Å². The normalized spacial score (nSPS) is 14.7. The Kier molecular flexibility index (Phi) is 12.8. The number of carbonyl (C=O) groups excluding carboxylic acids is 4. The van der Waals surface area contributed by atoms with Gasteiger partial charge >= 0.3 is 12.1 Å². The van der Waals surface area contributed by atoms with Gasteiger partial charge in [0, 0.05) is 17.5 Å². The zero-order valence-electron chi connectivity index (χ0n) is 29.3. The minimum atomic E-state index is -1.39. The lowest BCUT2D eigenvalue weighted by Gasteiger charge is -2.44. The quantitative estimate of drug-likeness (QED) is 0.254. The molecular formula is C36H53N3O7. The smallest absolute Gasteiger partial charge is 0.408 e. The molecule has 3 amide bonds. The Balaban J connectivity index is 2.68. The molecule has 0 fully saturated rings.